The van der Waals surface area contributed by atoms with Crippen molar-refractivity contribution in [2.24, 2.45) is 4.99 Å². The fourth-order valence-corrected chi connectivity index (χ4v) is 4.64. The van der Waals surface area contributed by atoms with Crippen LogP contribution in [-0.4, -0.2) is 49.3 Å². The average molecular weight is 491 g/mol. The summed E-state index contributed by atoms with van der Waals surface area (Å²) in [6.07, 6.45) is 1.86. The van der Waals surface area contributed by atoms with Gasteiger partial charge < -0.3 is 14.2 Å². The number of hydrogen-bond donors (Lipinski definition) is 0. The summed E-state index contributed by atoms with van der Waals surface area (Å²) in [6.45, 7) is 4.93. The van der Waals surface area contributed by atoms with Crippen LogP contribution < -0.4 is 9.47 Å². The van der Waals surface area contributed by atoms with E-state index in [1.807, 2.05) is 50.3 Å². The molecule has 1 aliphatic heterocycles. The number of nitrogens with zero attached hydrogens (tertiary/aromatic N) is 2. The molecule has 3 aromatic carbocycles. The third-order valence-corrected chi connectivity index (χ3v) is 6.46. The number of methoxy groups -OCH3 is 1. The highest BCUT2D eigenvalue weighted by molar-refractivity contribution is 8.18. The van der Waals surface area contributed by atoms with E-state index < -0.39 is 5.97 Å². The summed E-state index contributed by atoms with van der Waals surface area (Å²) in [5.41, 5.74) is 1.88. The summed E-state index contributed by atoms with van der Waals surface area (Å²) in [5, 5.41) is 2.50. The maximum atomic E-state index is 13.1. The van der Waals surface area contributed by atoms with Gasteiger partial charge in [0.05, 0.1) is 36.5 Å². The number of thioether (sulfide) groups is 1. The van der Waals surface area contributed by atoms with Crippen molar-refractivity contribution in [2.75, 3.05) is 27.4 Å². The Balaban J connectivity index is 1.72. The molecule has 180 valence electrons. The number of benzene rings is 3. The molecule has 0 aromatic heterocycles. The molecule has 3 aromatic rings. The molecule has 0 unspecified atom stereocenters. The van der Waals surface area contributed by atoms with Gasteiger partial charge in [0.25, 0.3) is 5.91 Å². The van der Waals surface area contributed by atoms with Crippen molar-refractivity contribution in [2.45, 2.75) is 13.8 Å². The van der Waals surface area contributed by atoms with E-state index in [2.05, 4.69) is 4.99 Å². The van der Waals surface area contributed by atoms with E-state index in [-0.39, 0.29) is 5.91 Å². The summed E-state index contributed by atoms with van der Waals surface area (Å²) < 4.78 is 16.3. The molecule has 0 N–H and O–H groups in total. The summed E-state index contributed by atoms with van der Waals surface area (Å²) in [4.78, 5) is 31.4. The Bertz CT molecular complexity index is 1330. The minimum Gasteiger partial charge on any atom is -0.494 e. The lowest BCUT2D eigenvalue weighted by Crippen LogP contribution is -2.23. The third-order valence-electron chi connectivity index (χ3n) is 5.40. The molecule has 0 aliphatic carbocycles. The molecule has 7 nitrogen and oxygen atoms in total. The minimum atomic E-state index is -0.412. The van der Waals surface area contributed by atoms with E-state index >= 15 is 0 Å². The first kappa shape index (κ1) is 24.3. The van der Waals surface area contributed by atoms with Crippen LogP contribution in [-0.2, 0) is 9.53 Å². The molecule has 1 amide bonds. The maximum Gasteiger partial charge on any atom is 0.337 e. The number of likely N-dealkylation sites (N-methyl/N-ethyl adjacent to an activating group) is 1. The van der Waals surface area contributed by atoms with Crippen molar-refractivity contribution in [1.29, 1.82) is 0 Å². The second kappa shape index (κ2) is 10.7. The first-order valence-corrected chi connectivity index (χ1v) is 12.0. The first-order valence-electron chi connectivity index (χ1n) is 11.2. The summed E-state index contributed by atoms with van der Waals surface area (Å²) in [6, 6.07) is 16.5. The molecule has 1 saturated heterocycles. The molecule has 0 spiro atoms. The Morgan fingerprint density at radius 2 is 1.74 bits per heavy atom. The normalized spacial score (nSPS) is 15.8. The van der Waals surface area contributed by atoms with E-state index in [9.17, 15) is 9.59 Å². The van der Waals surface area contributed by atoms with Gasteiger partial charge in [-0.1, -0.05) is 12.1 Å². The molecule has 0 saturated carbocycles. The molecule has 8 heteroatoms. The lowest BCUT2D eigenvalue weighted by Gasteiger charge is -2.12. The van der Waals surface area contributed by atoms with E-state index in [1.165, 1.54) is 23.8 Å². The number of rotatable bonds is 7. The quantitative estimate of drug-likeness (QED) is 0.314. The second-order valence-corrected chi connectivity index (χ2v) is 8.64. The monoisotopic (exact) mass is 490 g/mol. The Hall–Kier alpha value is -3.78. The minimum absolute atomic E-state index is 0.152. The zero-order valence-electron chi connectivity index (χ0n) is 20.0. The molecule has 35 heavy (non-hydrogen) atoms. The number of fused-ring (bicyclic) bond motifs is 1. The maximum absolute atomic E-state index is 13.1. The van der Waals surface area contributed by atoms with Gasteiger partial charge in [-0.05, 0) is 84.9 Å². The SMILES string of the molecule is CCOc1ccc2ccc(OCC)c(C=C3SC(=Nc4ccc(C(=O)OC)cc4)N(C)C3=O)c2c1. The predicted octanol–water partition coefficient (Wildman–Crippen LogP) is 5.66. The van der Waals surface area contributed by atoms with E-state index in [0.29, 0.717) is 40.3 Å². The van der Waals surface area contributed by atoms with E-state index in [0.717, 1.165) is 22.1 Å². The van der Waals surface area contributed by atoms with Crippen LogP contribution in [0.1, 0.15) is 29.8 Å². The molecule has 1 fully saturated rings. The summed E-state index contributed by atoms with van der Waals surface area (Å²) in [5.74, 6) is 0.888. The van der Waals surface area contributed by atoms with Crippen LogP contribution in [0.5, 0.6) is 11.5 Å². The van der Waals surface area contributed by atoms with Gasteiger partial charge in [0.1, 0.15) is 11.5 Å². The summed E-state index contributed by atoms with van der Waals surface area (Å²) in [7, 11) is 3.03. The molecule has 0 bridgehead atoms. The number of amides is 1. The number of aliphatic imine (C=N–C) groups is 1. The second-order valence-electron chi connectivity index (χ2n) is 7.63. The van der Waals surface area contributed by atoms with Crippen molar-refractivity contribution in [3.63, 3.8) is 0 Å². The van der Waals surface area contributed by atoms with Crippen LogP contribution in [0.25, 0.3) is 16.8 Å². The van der Waals surface area contributed by atoms with Crippen molar-refractivity contribution >= 4 is 51.3 Å². The topological polar surface area (TPSA) is 77.4 Å². The number of hydrogen-bond acceptors (Lipinski definition) is 7. The van der Waals surface area contributed by atoms with Crippen molar-refractivity contribution in [3.05, 3.63) is 70.6 Å². The molecule has 0 atom stereocenters. The Kier molecular flexibility index (Phi) is 7.41. The Labute approximate surface area is 208 Å². The number of carbonyl (C=O) groups excluding carboxylic acids is 2. The van der Waals surface area contributed by atoms with E-state index in [4.69, 9.17) is 14.2 Å². The third kappa shape index (κ3) is 5.17. The van der Waals surface area contributed by atoms with Crippen molar-refractivity contribution < 1.29 is 23.8 Å². The summed E-state index contributed by atoms with van der Waals surface area (Å²) >= 11 is 1.29. The lowest BCUT2D eigenvalue weighted by molar-refractivity contribution is -0.121. The van der Waals surface area contributed by atoms with Gasteiger partial charge in [-0.15, -0.1) is 0 Å². The molecular formula is C27H26N2O5S. The van der Waals surface area contributed by atoms with Gasteiger partial charge in [-0.3, -0.25) is 9.69 Å². The fourth-order valence-electron chi connectivity index (χ4n) is 3.67. The largest absolute Gasteiger partial charge is 0.494 e. The molecular weight excluding hydrogens is 464 g/mol. The van der Waals surface area contributed by atoms with Crippen molar-refractivity contribution in [1.82, 2.24) is 4.90 Å². The van der Waals surface area contributed by atoms with E-state index in [1.54, 1.807) is 31.3 Å². The highest BCUT2D eigenvalue weighted by Crippen LogP contribution is 2.38. The zero-order chi connectivity index (χ0) is 24.9. The highest BCUT2D eigenvalue weighted by atomic mass is 32.2. The Morgan fingerprint density at radius 3 is 2.43 bits per heavy atom. The molecule has 1 heterocycles. The number of esters is 1. The van der Waals surface area contributed by atoms with Gasteiger partial charge in [-0.25, -0.2) is 9.79 Å². The number of amidine groups is 1. The zero-order valence-corrected chi connectivity index (χ0v) is 20.8. The van der Waals surface area contributed by atoms with Gasteiger partial charge >= 0.3 is 5.97 Å². The highest BCUT2D eigenvalue weighted by Gasteiger charge is 2.31. The fraction of sp³-hybridized carbons (Fsp3) is 0.222. The number of carbonyl (C=O) groups is 2. The lowest BCUT2D eigenvalue weighted by atomic mass is 10.0. The van der Waals surface area contributed by atoms with Crippen LogP contribution in [0, 0.1) is 0 Å². The van der Waals surface area contributed by atoms with Crippen LogP contribution in [0.3, 0.4) is 0 Å². The first-order chi connectivity index (χ1) is 16.9. The average Bonchev–Trinajstić information content (AvgIpc) is 3.13. The smallest absolute Gasteiger partial charge is 0.337 e. The van der Waals surface area contributed by atoms with Crippen molar-refractivity contribution in [3.8, 4) is 11.5 Å². The predicted molar refractivity (Wildman–Crippen MR) is 140 cm³/mol. The molecule has 0 radical (unpaired) electrons. The van der Waals surface area contributed by atoms with Gasteiger partial charge in [0.2, 0.25) is 0 Å². The standard InChI is InChI=1S/C27H26N2O5S/c1-5-33-20-13-9-17-10-14-23(34-6-2)22(21(17)15-20)16-24-25(30)29(3)27(35-24)28-19-11-7-18(8-12-19)26(31)32-4/h7-16H,5-6H2,1-4H3. The number of ether oxygens (including phenoxy) is 3. The van der Waals surface area contributed by atoms with Gasteiger partial charge in [0.15, 0.2) is 5.17 Å². The van der Waals surface area contributed by atoms with Gasteiger partial charge in [-0.2, -0.15) is 0 Å². The van der Waals surface area contributed by atoms with Crippen LogP contribution in [0.4, 0.5) is 5.69 Å². The Morgan fingerprint density at radius 1 is 1.03 bits per heavy atom. The van der Waals surface area contributed by atoms with Crippen LogP contribution >= 0.6 is 11.8 Å². The van der Waals surface area contributed by atoms with Crippen LogP contribution in [0.15, 0.2) is 64.5 Å². The molecule has 1 aliphatic rings. The molecule has 4 rings (SSSR count). The van der Waals surface area contributed by atoms with Gasteiger partial charge in [0, 0.05) is 12.6 Å². The van der Waals surface area contributed by atoms with Crippen LogP contribution in [0.2, 0.25) is 0 Å².